The van der Waals surface area contributed by atoms with Crippen LogP contribution in [0.15, 0.2) is 50.3 Å². The molecular formula is C21H23N3O4S. The molecule has 0 saturated carbocycles. The lowest BCUT2D eigenvalue weighted by atomic mass is 10.0. The van der Waals surface area contributed by atoms with Gasteiger partial charge in [0.1, 0.15) is 0 Å². The molecular weight excluding hydrogens is 390 g/mol. The van der Waals surface area contributed by atoms with E-state index >= 15 is 0 Å². The fraction of sp³-hybridized carbons (Fsp3) is 0.381. The third-order valence-electron chi connectivity index (χ3n) is 5.31. The second-order valence-corrected chi connectivity index (χ2v) is 8.01. The molecule has 1 fully saturated rings. The second-order valence-electron chi connectivity index (χ2n) is 7.23. The highest BCUT2D eigenvalue weighted by Gasteiger charge is 2.24. The van der Waals surface area contributed by atoms with Crippen LogP contribution in [0, 0.1) is 0 Å². The molecule has 0 spiro atoms. The Kier molecular flexibility index (Phi) is 5.80. The summed E-state index contributed by atoms with van der Waals surface area (Å²) in [4.78, 5) is 38.5. The van der Waals surface area contributed by atoms with E-state index in [4.69, 9.17) is 4.42 Å². The molecule has 2 aromatic heterocycles. The largest absolute Gasteiger partial charge is 0.419 e. The number of hydrogen-bond acceptors (Lipinski definition) is 5. The third-order valence-corrected chi connectivity index (χ3v) is 6.00. The number of benzene rings is 1. The topological polar surface area (TPSA) is 84.5 Å². The first-order valence-electron chi connectivity index (χ1n) is 9.81. The van der Waals surface area contributed by atoms with Gasteiger partial charge in [0.15, 0.2) is 5.58 Å². The van der Waals surface area contributed by atoms with Gasteiger partial charge in [-0.3, -0.25) is 14.2 Å². The number of thiophene rings is 1. The zero-order valence-corrected chi connectivity index (χ0v) is 16.8. The predicted molar refractivity (Wildman–Crippen MR) is 111 cm³/mol. The quantitative estimate of drug-likeness (QED) is 0.673. The third kappa shape index (κ3) is 4.42. The number of aromatic nitrogens is 1. The number of oxazole rings is 1. The minimum atomic E-state index is -0.388. The molecule has 0 radical (unpaired) electrons. The first-order chi connectivity index (χ1) is 14.1. The molecule has 3 heterocycles. The maximum atomic E-state index is 12.5. The van der Waals surface area contributed by atoms with E-state index in [0.717, 1.165) is 18.4 Å². The van der Waals surface area contributed by atoms with Crippen molar-refractivity contribution in [1.29, 1.82) is 0 Å². The number of nitrogens with zero attached hydrogens (tertiary/aromatic N) is 2. The van der Waals surface area contributed by atoms with E-state index in [1.807, 2.05) is 39.9 Å². The number of aryl methyl sites for hydroxylation is 1. The molecule has 4 rings (SSSR count). The van der Waals surface area contributed by atoms with Gasteiger partial charge in [0.25, 0.3) is 5.91 Å². The maximum absolute atomic E-state index is 12.5. The van der Waals surface area contributed by atoms with E-state index in [0.29, 0.717) is 43.6 Å². The minimum Gasteiger partial charge on any atom is -0.408 e. The van der Waals surface area contributed by atoms with Crippen LogP contribution in [-0.2, 0) is 11.3 Å². The Morgan fingerprint density at radius 2 is 1.97 bits per heavy atom. The summed E-state index contributed by atoms with van der Waals surface area (Å²) in [5, 5.41) is 6.77. The first-order valence-corrected chi connectivity index (χ1v) is 10.8. The van der Waals surface area contributed by atoms with Crippen LogP contribution in [0.1, 0.15) is 36.0 Å². The van der Waals surface area contributed by atoms with Crippen LogP contribution in [-0.4, -0.2) is 40.4 Å². The maximum Gasteiger partial charge on any atom is 0.419 e. The summed E-state index contributed by atoms with van der Waals surface area (Å²) in [6, 6.07) is 9.21. The highest BCUT2D eigenvalue weighted by Crippen LogP contribution is 2.15. The summed E-state index contributed by atoms with van der Waals surface area (Å²) < 4.78 is 6.80. The summed E-state index contributed by atoms with van der Waals surface area (Å²) >= 11 is 1.50. The molecule has 3 aromatic rings. The SMILES string of the molecule is O=C(NC1CCN(C(=O)CCCn2c(=O)oc3ccccc32)CC1)c1ccsc1. The van der Waals surface area contributed by atoms with Crippen LogP contribution in [0.5, 0.6) is 0 Å². The molecule has 29 heavy (non-hydrogen) atoms. The van der Waals surface area contributed by atoms with Crippen molar-refractivity contribution in [3.05, 3.63) is 57.2 Å². The van der Waals surface area contributed by atoms with Crippen molar-refractivity contribution in [2.24, 2.45) is 0 Å². The van der Waals surface area contributed by atoms with E-state index in [2.05, 4.69) is 5.32 Å². The molecule has 0 aliphatic carbocycles. The lowest BCUT2D eigenvalue weighted by Gasteiger charge is -2.32. The number of amides is 2. The zero-order chi connectivity index (χ0) is 20.2. The lowest BCUT2D eigenvalue weighted by Crippen LogP contribution is -2.46. The van der Waals surface area contributed by atoms with Crippen molar-refractivity contribution in [3.63, 3.8) is 0 Å². The minimum absolute atomic E-state index is 0.0474. The molecule has 0 atom stereocenters. The summed E-state index contributed by atoms with van der Waals surface area (Å²) in [6.45, 7) is 1.73. The van der Waals surface area contributed by atoms with E-state index in [1.54, 1.807) is 10.6 Å². The van der Waals surface area contributed by atoms with E-state index in [9.17, 15) is 14.4 Å². The molecule has 1 aliphatic rings. The van der Waals surface area contributed by atoms with Gasteiger partial charge < -0.3 is 14.6 Å². The highest BCUT2D eigenvalue weighted by molar-refractivity contribution is 7.08. The summed E-state index contributed by atoms with van der Waals surface area (Å²) in [5.41, 5.74) is 2.01. The Morgan fingerprint density at radius 1 is 1.17 bits per heavy atom. The molecule has 2 amide bonds. The van der Waals surface area contributed by atoms with Crippen molar-refractivity contribution in [3.8, 4) is 0 Å². The lowest BCUT2D eigenvalue weighted by molar-refractivity contribution is -0.132. The Morgan fingerprint density at radius 3 is 2.72 bits per heavy atom. The van der Waals surface area contributed by atoms with Gasteiger partial charge in [-0.2, -0.15) is 11.3 Å². The van der Waals surface area contributed by atoms with Crippen molar-refractivity contribution in [2.75, 3.05) is 13.1 Å². The number of carbonyl (C=O) groups excluding carboxylic acids is 2. The van der Waals surface area contributed by atoms with Crippen molar-refractivity contribution < 1.29 is 14.0 Å². The van der Waals surface area contributed by atoms with Crippen LogP contribution < -0.4 is 11.1 Å². The zero-order valence-electron chi connectivity index (χ0n) is 16.0. The smallest absolute Gasteiger partial charge is 0.408 e. The van der Waals surface area contributed by atoms with Crippen molar-refractivity contribution in [1.82, 2.24) is 14.8 Å². The van der Waals surface area contributed by atoms with Gasteiger partial charge in [-0.25, -0.2) is 4.79 Å². The van der Waals surface area contributed by atoms with Crippen molar-refractivity contribution >= 4 is 34.3 Å². The molecule has 1 saturated heterocycles. The molecule has 152 valence electrons. The first kappa shape index (κ1) is 19.4. The second kappa shape index (κ2) is 8.65. The Bertz CT molecular complexity index is 1050. The van der Waals surface area contributed by atoms with Crippen LogP contribution in [0.3, 0.4) is 0 Å². The van der Waals surface area contributed by atoms with Gasteiger partial charge >= 0.3 is 5.76 Å². The van der Waals surface area contributed by atoms with Crippen LogP contribution in [0.25, 0.3) is 11.1 Å². The normalized spacial score (nSPS) is 15.0. The monoisotopic (exact) mass is 413 g/mol. The van der Waals surface area contributed by atoms with Gasteiger partial charge in [0.2, 0.25) is 5.91 Å². The molecule has 7 nitrogen and oxygen atoms in total. The average Bonchev–Trinajstić information content (AvgIpc) is 3.37. The number of piperidine rings is 1. The molecule has 1 aliphatic heterocycles. The fourth-order valence-electron chi connectivity index (χ4n) is 3.71. The van der Waals surface area contributed by atoms with Crippen LogP contribution in [0.2, 0.25) is 0 Å². The number of hydrogen-bond donors (Lipinski definition) is 1. The number of fused-ring (bicyclic) bond motifs is 1. The highest BCUT2D eigenvalue weighted by atomic mass is 32.1. The molecule has 1 aromatic carbocycles. The average molecular weight is 413 g/mol. The fourth-order valence-corrected chi connectivity index (χ4v) is 4.34. The van der Waals surface area contributed by atoms with Crippen molar-refractivity contribution in [2.45, 2.75) is 38.3 Å². The standard InChI is InChI=1S/C21H23N3O4S/c25-19(6-3-10-24-17-4-1-2-5-18(17)28-21(24)27)23-11-7-16(8-12-23)22-20(26)15-9-13-29-14-15/h1-2,4-5,9,13-14,16H,3,6-8,10-12H2,(H,22,26). The molecule has 0 bridgehead atoms. The number of likely N-dealkylation sites (tertiary alicyclic amines) is 1. The Balaban J connectivity index is 1.23. The van der Waals surface area contributed by atoms with Gasteiger partial charge in [0.05, 0.1) is 5.52 Å². The number of nitrogens with one attached hydrogen (secondary N) is 1. The van der Waals surface area contributed by atoms with Gasteiger partial charge in [-0.15, -0.1) is 0 Å². The molecule has 8 heteroatoms. The summed E-state index contributed by atoms with van der Waals surface area (Å²) in [6.07, 6.45) is 2.48. The van der Waals surface area contributed by atoms with E-state index < -0.39 is 0 Å². The number of carbonyl (C=O) groups is 2. The van der Waals surface area contributed by atoms with Gasteiger partial charge in [0, 0.05) is 43.0 Å². The Hall–Kier alpha value is -2.87. The Labute approximate surface area is 171 Å². The van der Waals surface area contributed by atoms with E-state index in [-0.39, 0.29) is 23.6 Å². The van der Waals surface area contributed by atoms with Crippen LogP contribution in [0.4, 0.5) is 0 Å². The van der Waals surface area contributed by atoms with Crippen LogP contribution >= 0.6 is 11.3 Å². The summed E-state index contributed by atoms with van der Waals surface area (Å²) in [5.74, 6) is -0.344. The van der Waals surface area contributed by atoms with Gasteiger partial charge in [-0.1, -0.05) is 12.1 Å². The molecule has 1 N–H and O–H groups in total. The van der Waals surface area contributed by atoms with Gasteiger partial charge in [-0.05, 0) is 42.8 Å². The number of para-hydroxylation sites is 2. The van der Waals surface area contributed by atoms with E-state index in [1.165, 1.54) is 11.3 Å². The molecule has 0 unspecified atom stereocenters. The summed E-state index contributed by atoms with van der Waals surface area (Å²) in [7, 11) is 0. The number of rotatable bonds is 6. The predicted octanol–water partition coefficient (Wildman–Crippen LogP) is 2.86.